The summed E-state index contributed by atoms with van der Waals surface area (Å²) in [7, 11) is 6.58. The highest BCUT2D eigenvalue weighted by Crippen LogP contribution is 2.25. The largest absolute Gasteiger partial charge is 0.497 e. The van der Waals surface area contributed by atoms with Crippen LogP contribution in [0.5, 0.6) is 23.0 Å². The number of fused-ring (bicyclic) bond motifs is 1. The van der Waals surface area contributed by atoms with E-state index in [0.29, 0.717) is 5.56 Å². The van der Waals surface area contributed by atoms with Crippen molar-refractivity contribution >= 4 is 45.5 Å². The van der Waals surface area contributed by atoms with Crippen LogP contribution in [0, 0.1) is 0 Å². The predicted molar refractivity (Wildman–Crippen MR) is 235 cm³/mol. The second-order valence-corrected chi connectivity index (χ2v) is 13.4. The third-order valence-corrected chi connectivity index (χ3v) is 9.14. The minimum Gasteiger partial charge on any atom is -0.497 e. The number of Topliss-reactive ketones (excluding diaryl/α,β-unsaturated/α-hetero) is 6. The Bertz CT molecular complexity index is 2320. The normalized spacial score (nSPS) is 9.90. The van der Waals surface area contributed by atoms with Crippen LogP contribution in [0.3, 0.4) is 0 Å². The van der Waals surface area contributed by atoms with Crippen molar-refractivity contribution < 1.29 is 47.7 Å². The number of ether oxygens (including phenoxy) is 4. The molecule has 10 heteroatoms. The van der Waals surface area contributed by atoms with Crippen LogP contribution in [-0.4, -0.2) is 63.1 Å². The summed E-state index contributed by atoms with van der Waals surface area (Å²) < 4.78 is 20.3. The lowest BCUT2D eigenvalue weighted by atomic mass is 9.91. The van der Waals surface area contributed by atoms with Crippen LogP contribution in [0.15, 0.2) is 121 Å². The van der Waals surface area contributed by atoms with Crippen LogP contribution in [-0.2, 0) is 0 Å². The Morgan fingerprint density at radius 2 is 0.583 bits per heavy atom. The van der Waals surface area contributed by atoms with E-state index in [1.54, 1.807) is 66.6 Å². The highest BCUT2D eigenvalue weighted by Gasteiger charge is 2.19. The maximum atomic E-state index is 11.5. The van der Waals surface area contributed by atoms with Crippen molar-refractivity contribution in [1.29, 1.82) is 0 Å². The third kappa shape index (κ3) is 13.4. The smallest absolute Gasteiger partial charge is 0.160 e. The molecular weight excluding hydrogens is 761 g/mol. The summed E-state index contributed by atoms with van der Waals surface area (Å²) in [6.45, 7) is 8.39. The molecule has 0 radical (unpaired) electrons. The van der Waals surface area contributed by atoms with Crippen molar-refractivity contribution in [2.24, 2.45) is 0 Å². The van der Waals surface area contributed by atoms with E-state index in [1.807, 2.05) is 84.9 Å². The van der Waals surface area contributed by atoms with Gasteiger partial charge in [-0.3, -0.25) is 28.8 Å². The lowest BCUT2D eigenvalue weighted by Crippen LogP contribution is -2.12. The molecule has 0 bridgehead atoms. The maximum Gasteiger partial charge on any atom is 0.160 e. The monoisotopic (exact) mass is 810 g/mol. The molecule has 0 N–H and O–H groups in total. The number of benzene rings is 6. The van der Waals surface area contributed by atoms with E-state index >= 15 is 0 Å². The van der Waals surface area contributed by atoms with E-state index in [2.05, 4.69) is 0 Å². The Labute approximate surface area is 351 Å². The van der Waals surface area contributed by atoms with Gasteiger partial charge < -0.3 is 18.9 Å². The van der Waals surface area contributed by atoms with Crippen molar-refractivity contribution in [2.45, 2.75) is 41.5 Å². The Morgan fingerprint density at radius 3 is 0.900 bits per heavy atom. The van der Waals surface area contributed by atoms with E-state index in [0.717, 1.165) is 39.3 Å². The zero-order valence-corrected chi connectivity index (χ0v) is 35.6. The molecule has 60 heavy (non-hydrogen) atoms. The van der Waals surface area contributed by atoms with Gasteiger partial charge in [-0.2, -0.15) is 0 Å². The van der Waals surface area contributed by atoms with Crippen LogP contribution in [0.25, 0.3) is 21.9 Å². The molecule has 6 rings (SSSR count). The molecule has 6 aromatic rings. The topological polar surface area (TPSA) is 139 Å². The number of hydrogen-bond acceptors (Lipinski definition) is 10. The molecule has 10 nitrogen and oxygen atoms in total. The summed E-state index contributed by atoms with van der Waals surface area (Å²) >= 11 is 0. The molecule has 310 valence electrons. The lowest BCUT2D eigenvalue weighted by molar-refractivity contribution is 0.0970. The van der Waals surface area contributed by atoms with Gasteiger partial charge >= 0.3 is 0 Å². The van der Waals surface area contributed by atoms with Gasteiger partial charge in [-0.15, -0.1) is 0 Å². The zero-order chi connectivity index (χ0) is 44.5. The van der Waals surface area contributed by atoms with Gasteiger partial charge in [0.15, 0.2) is 34.7 Å². The molecule has 0 heterocycles. The number of methoxy groups -OCH3 is 4. The van der Waals surface area contributed by atoms with Gasteiger partial charge in [0.25, 0.3) is 0 Å². The quantitative estimate of drug-likeness (QED) is 0.116. The van der Waals surface area contributed by atoms with Crippen molar-refractivity contribution in [2.75, 3.05) is 28.4 Å². The lowest BCUT2D eigenvalue weighted by Gasteiger charge is -2.10. The van der Waals surface area contributed by atoms with E-state index in [9.17, 15) is 28.8 Å². The summed E-state index contributed by atoms with van der Waals surface area (Å²) in [6, 6.07) is 37.2. The van der Waals surface area contributed by atoms with Gasteiger partial charge in [0.2, 0.25) is 0 Å². The molecule has 0 aliphatic rings. The maximum absolute atomic E-state index is 11.5. The second kappa shape index (κ2) is 22.7. The molecule has 0 atom stereocenters. The molecule has 0 saturated carbocycles. The molecule has 0 spiro atoms. The van der Waals surface area contributed by atoms with Crippen LogP contribution in [0.2, 0.25) is 0 Å². The summed E-state index contributed by atoms with van der Waals surface area (Å²) in [5, 5.41) is 2.14. The highest BCUT2D eigenvalue weighted by molar-refractivity contribution is 6.14. The first-order chi connectivity index (χ1) is 28.5. The third-order valence-electron chi connectivity index (χ3n) is 9.14. The minimum absolute atomic E-state index is 0.0765. The van der Waals surface area contributed by atoms with Crippen LogP contribution in [0.4, 0.5) is 0 Å². The second-order valence-electron chi connectivity index (χ2n) is 13.4. The van der Waals surface area contributed by atoms with Gasteiger partial charge in [0, 0.05) is 33.4 Å². The Hall–Kier alpha value is -7.20. The van der Waals surface area contributed by atoms with E-state index in [1.165, 1.54) is 51.0 Å². The Morgan fingerprint density at radius 1 is 0.300 bits per heavy atom. The molecule has 0 amide bonds. The molecule has 0 saturated heterocycles. The Balaban J connectivity index is 0.000000216. The number of ketones is 6. The molecule has 0 aromatic heterocycles. The van der Waals surface area contributed by atoms with Crippen molar-refractivity contribution in [3.63, 3.8) is 0 Å². The first-order valence-corrected chi connectivity index (χ1v) is 18.8. The van der Waals surface area contributed by atoms with Crippen LogP contribution >= 0.6 is 0 Å². The standard InChI is InChI=1S/C14H14O4.C14H14O2.C13H12O2.C9H10O2/c1-7(15)11-5-13(9(3)17)14(10(4)18)6-12(11)8(2)16;1-15-13-7-3-11(4-8-13)12-5-9-14(16-2)10-6-12;1-9(14)10-3-4-12-8-13(15-2)6-5-11(12)7-10;1-7(10)8-3-5-9(11-2)6-4-8/h5-6H,1-4H3;3-10H,1-2H3;3-8H,1-2H3;3-6H,1-2H3. The van der Waals surface area contributed by atoms with E-state index in [-0.39, 0.29) is 57.0 Å². The number of rotatable bonds is 11. The number of carbonyl (C=O) groups is 6. The molecule has 0 fully saturated rings. The minimum atomic E-state index is -0.308. The number of carbonyl (C=O) groups excluding carboxylic acids is 6. The van der Waals surface area contributed by atoms with Crippen molar-refractivity contribution in [3.05, 3.63) is 155 Å². The fourth-order valence-electron chi connectivity index (χ4n) is 5.73. The van der Waals surface area contributed by atoms with Gasteiger partial charge in [0.05, 0.1) is 28.4 Å². The van der Waals surface area contributed by atoms with Crippen molar-refractivity contribution in [3.8, 4) is 34.1 Å². The van der Waals surface area contributed by atoms with Gasteiger partial charge in [-0.1, -0.05) is 42.5 Å². The van der Waals surface area contributed by atoms with Gasteiger partial charge in [-0.25, -0.2) is 0 Å². The first kappa shape index (κ1) is 47.2. The van der Waals surface area contributed by atoms with E-state index in [4.69, 9.17) is 18.9 Å². The Kier molecular flexibility index (Phi) is 17.8. The first-order valence-electron chi connectivity index (χ1n) is 18.8. The SMILES string of the molecule is CC(=O)c1cc(C(C)=O)c(C(C)=O)cc1C(C)=O.COc1ccc(-c2ccc(OC)cc2)cc1.COc1ccc(C(C)=O)cc1.COc1ccc2cc(C(C)=O)ccc2c1. The summed E-state index contributed by atoms with van der Waals surface area (Å²) in [6.07, 6.45) is 0. The fourth-order valence-corrected chi connectivity index (χ4v) is 5.73. The average Bonchev–Trinajstić information content (AvgIpc) is 3.26. The zero-order valence-electron chi connectivity index (χ0n) is 35.6. The summed E-state index contributed by atoms with van der Waals surface area (Å²) in [4.78, 5) is 67.9. The van der Waals surface area contributed by atoms with Crippen LogP contribution < -0.4 is 18.9 Å². The highest BCUT2D eigenvalue weighted by atomic mass is 16.5. The molecule has 0 unspecified atom stereocenters. The van der Waals surface area contributed by atoms with Gasteiger partial charge in [-0.05, 0) is 142 Å². The number of hydrogen-bond donors (Lipinski definition) is 0. The predicted octanol–water partition coefficient (Wildman–Crippen LogP) is 10.8. The van der Waals surface area contributed by atoms with Crippen LogP contribution in [0.1, 0.15) is 104 Å². The molecular formula is C50H50O10. The van der Waals surface area contributed by atoms with E-state index < -0.39 is 0 Å². The van der Waals surface area contributed by atoms with Gasteiger partial charge in [0.1, 0.15) is 23.0 Å². The van der Waals surface area contributed by atoms with Crippen molar-refractivity contribution in [1.82, 2.24) is 0 Å². The molecule has 0 aliphatic heterocycles. The summed E-state index contributed by atoms with van der Waals surface area (Å²) in [5.41, 5.74) is 4.51. The molecule has 0 aliphatic carbocycles. The average molecular weight is 811 g/mol. The summed E-state index contributed by atoms with van der Waals surface area (Å²) in [5.74, 6) is 2.29. The fraction of sp³-hybridized carbons (Fsp3) is 0.200. The molecule has 6 aromatic carbocycles.